The van der Waals surface area contributed by atoms with Gasteiger partial charge in [0.15, 0.2) is 0 Å². The number of carbonyl (C=O) groups excluding carboxylic acids is 1. The molecule has 0 bridgehead atoms. The maximum atomic E-state index is 11.8. The van der Waals surface area contributed by atoms with Gasteiger partial charge >= 0.3 is 0 Å². The lowest BCUT2D eigenvalue weighted by molar-refractivity contribution is -0.119. The third-order valence-corrected chi connectivity index (χ3v) is 3.63. The minimum Gasteiger partial charge on any atom is -0.299 e. The molecule has 0 N–H and O–H groups in total. The van der Waals surface area contributed by atoms with Crippen LogP contribution in [-0.2, 0) is 11.2 Å². The Bertz CT molecular complexity index is 355. The van der Waals surface area contributed by atoms with Gasteiger partial charge in [0.25, 0.3) is 0 Å². The van der Waals surface area contributed by atoms with Crippen molar-refractivity contribution in [3.63, 3.8) is 0 Å². The van der Waals surface area contributed by atoms with E-state index in [-0.39, 0.29) is 0 Å². The minimum absolute atomic E-state index is 0.335. The monoisotopic (exact) mass is 281 g/mol. The summed E-state index contributed by atoms with van der Waals surface area (Å²) in [6.45, 7) is 0. The highest BCUT2D eigenvalue weighted by Crippen LogP contribution is 2.27. The molecule has 0 spiro atoms. The normalized spacial score (nSPS) is 16.6. The lowest BCUT2D eigenvalue weighted by Crippen LogP contribution is -2.09. The molecule has 0 unspecified atom stereocenters. The first-order valence-corrected chi connectivity index (χ1v) is 6.65. The molecule has 0 amide bonds. The molecule has 86 valence electrons. The van der Waals surface area contributed by atoms with Crippen LogP contribution < -0.4 is 0 Å². The van der Waals surface area contributed by atoms with Crippen molar-refractivity contribution in [1.29, 1.82) is 0 Å². The Morgan fingerprint density at radius 1 is 1.38 bits per heavy atom. The fourth-order valence-corrected chi connectivity index (χ4v) is 2.56. The first kappa shape index (κ1) is 11.8. The van der Waals surface area contributed by atoms with Crippen molar-refractivity contribution in [1.82, 2.24) is 4.98 Å². The highest BCUT2D eigenvalue weighted by molar-refractivity contribution is 9.10. The number of rotatable bonds is 4. The SMILES string of the molecule is O=C(Cc1ccc(Br)cn1)CC1CCCC1. The van der Waals surface area contributed by atoms with Crippen LogP contribution in [0.2, 0.25) is 0 Å². The molecule has 3 heteroatoms. The molecule has 1 heterocycles. The molecule has 1 aromatic rings. The highest BCUT2D eigenvalue weighted by Gasteiger charge is 2.18. The van der Waals surface area contributed by atoms with E-state index in [1.807, 2.05) is 12.1 Å². The molecule has 0 saturated heterocycles. The minimum atomic E-state index is 0.335. The lowest BCUT2D eigenvalue weighted by Gasteiger charge is -2.07. The molecule has 1 saturated carbocycles. The van der Waals surface area contributed by atoms with E-state index in [2.05, 4.69) is 20.9 Å². The summed E-state index contributed by atoms with van der Waals surface area (Å²) in [6, 6.07) is 3.85. The number of halogens is 1. The van der Waals surface area contributed by atoms with Gasteiger partial charge in [-0.3, -0.25) is 9.78 Å². The van der Waals surface area contributed by atoms with Crippen molar-refractivity contribution in [3.8, 4) is 0 Å². The van der Waals surface area contributed by atoms with E-state index in [1.165, 1.54) is 25.7 Å². The molecule has 2 rings (SSSR count). The number of ketones is 1. The van der Waals surface area contributed by atoms with E-state index in [0.717, 1.165) is 16.6 Å². The quantitative estimate of drug-likeness (QED) is 0.845. The molecule has 0 atom stereocenters. The second-order valence-electron chi connectivity index (χ2n) is 4.54. The zero-order valence-electron chi connectivity index (χ0n) is 9.29. The summed E-state index contributed by atoms with van der Waals surface area (Å²) in [7, 11) is 0. The molecule has 1 aromatic heterocycles. The van der Waals surface area contributed by atoms with Crippen LogP contribution in [0.1, 0.15) is 37.8 Å². The Labute approximate surface area is 105 Å². The first-order valence-electron chi connectivity index (χ1n) is 5.86. The Morgan fingerprint density at radius 2 is 2.12 bits per heavy atom. The van der Waals surface area contributed by atoms with Crippen LogP contribution in [0.3, 0.4) is 0 Å². The second kappa shape index (κ2) is 5.58. The van der Waals surface area contributed by atoms with Gasteiger partial charge < -0.3 is 0 Å². The van der Waals surface area contributed by atoms with Gasteiger partial charge in [0.2, 0.25) is 0 Å². The average Bonchev–Trinajstić information content (AvgIpc) is 2.74. The summed E-state index contributed by atoms with van der Waals surface area (Å²) >= 11 is 3.34. The number of Topliss-reactive ketones (excluding diaryl/α,β-unsaturated/α-hetero) is 1. The van der Waals surface area contributed by atoms with Gasteiger partial charge in [-0.2, -0.15) is 0 Å². The van der Waals surface area contributed by atoms with E-state index >= 15 is 0 Å². The molecule has 2 nitrogen and oxygen atoms in total. The Balaban J connectivity index is 1.84. The van der Waals surface area contributed by atoms with Gasteiger partial charge in [-0.15, -0.1) is 0 Å². The largest absolute Gasteiger partial charge is 0.299 e. The summed E-state index contributed by atoms with van der Waals surface area (Å²) in [5.41, 5.74) is 0.881. The first-order chi connectivity index (χ1) is 7.74. The number of hydrogen-bond donors (Lipinski definition) is 0. The number of nitrogens with zero attached hydrogens (tertiary/aromatic N) is 1. The molecule has 1 aliphatic rings. The van der Waals surface area contributed by atoms with E-state index in [9.17, 15) is 4.79 Å². The topological polar surface area (TPSA) is 30.0 Å². The lowest BCUT2D eigenvalue weighted by atomic mass is 9.99. The summed E-state index contributed by atoms with van der Waals surface area (Å²) in [5.74, 6) is 0.977. The summed E-state index contributed by atoms with van der Waals surface area (Å²) in [6.07, 6.45) is 8.06. The Hall–Kier alpha value is -0.700. The van der Waals surface area contributed by atoms with Crippen LogP contribution in [0.4, 0.5) is 0 Å². The summed E-state index contributed by atoms with van der Waals surface area (Å²) < 4.78 is 0.958. The number of carbonyl (C=O) groups is 1. The smallest absolute Gasteiger partial charge is 0.139 e. The molecule has 0 radical (unpaired) electrons. The average molecular weight is 282 g/mol. The maximum absolute atomic E-state index is 11.8. The van der Waals surface area contributed by atoms with Crippen molar-refractivity contribution in [2.45, 2.75) is 38.5 Å². The second-order valence-corrected chi connectivity index (χ2v) is 5.45. The van der Waals surface area contributed by atoms with E-state index in [4.69, 9.17) is 0 Å². The molecular formula is C13H16BrNO. The van der Waals surface area contributed by atoms with Gasteiger partial charge in [0.1, 0.15) is 5.78 Å². The molecule has 0 aromatic carbocycles. The number of pyridine rings is 1. The fraction of sp³-hybridized carbons (Fsp3) is 0.538. The predicted octanol–water partition coefficient (Wildman–Crippen LogP) is 3.54. The van der Waals surface area contributed by atoms with Gasteiger partial charge in [0.05, 0.1) is 0 Å². The van der Waals surface area contributed by atoms with Gasteiger partial charge in [-0.25, -0.2) is 0 Å². The van der Waals surface area contributed by atoms with E-state index in [0.29, 0.717) is 18.1 Å². The Morgan fingerprint density at radius 3 is 2.75 bits per heavy atom. The van der Waals surface area contributed by atoms with Crippen molar-refractivity contribution in [2.75, 3.05) is 0 Å². The standard InChI is InChI=1S/C13H16BrNO/c14-11-5-6-12(15-9-11)8-13(16)7-10-3-1-2-4-10/h5-6,9-10H,1-4,7-8H2. The third kappa shape index (κ3) is 3.41. The summed E-state index contributed by atoms with van der Waals surface area (Å²) in [4.78, 5) is 16.0. The van der Waals surface area contributed by atoms with Crippen LogP contribution in [0, 0.1) is 5.92 Å². The van der Waals surface area contributed by atoms with Crippen LogP contribution in [0.15, 0.2) is 22.8 Å². The number of hydrogen-bond acceptors (Lipinski definition) is 2. The zero-order valence-corrected chi connectivity index (χ0v) is 10.9. The van der Waals surface area contributed by atoms with Crippen LogP contribution in [0.25, 0.3) is 0 Å². The molecule has 1 aliphatic carbocycles. The van der Waals surface area contributed by atoms with Gasteiger partial charge in [-0.05, 0) is 34.0 Å². The third-order valence-electron chi connectivity index (χ3n) is 3.16. The number of aromatic nitrogens is 1. The van der Waals surface area contributed by atoms with Crippen molar-refractivity contribution < 1.29 is 4.79 Å². The van der Waals surface area contributed by atoms with E-state index in [1.54, 1.807) is 6.20 Å². The van der Waals surface area contributed by atoms with Crippen molar-refractivity contribution >= 4 is 21.7 Å². The maximum Gasteiger partial charge on any atom is 0.139 e. The summed E-state index contributed by atoms with van der Waals surface area (Å²) in [5, 5.41) is 0. The van der Waals surface area contributed by atoms with Gasteiger partial charge in [-0.1, -0.05) is 25.7 Å². The molecule has 1 fully saturated rings. The molecule has 16 heavy (non-hydrogen) atoms. The van der Waals surface area contributed by atoms with Crippen molar-refractivity contribution in [3.05, 3.63) is 28.5 Å². The van der Waals surface area contributed by atoms with Crippen LogP contribution >= 0.6 is 15.9 Å². The zero-order chi connectivity index (χ0) is 11.4. The Kier molecular flexibility index (Phi) is 4.10. The van der Waals surface area contributed by atoms with Crippen molar-refractivity contribution in [2.24, 2.45) is 5.92 Å². The predicted molar refractivity (Wildman–Crippen MR) is 67.2 cm³/mol. The molecular weight excluding hydrogens is 266 g/mol. The van der Waals surface area contributed by atoms with E-state index < -0.39 is 0 Å². The van der Waals surface area contributed by atoms with Gasteiger partial charge in [0, 0.05) is 29.2 Å². The highest BCUT2D eigenvalue weighted by atomic mass is 79.9. The van der Waals surface area contributed by atoms with Crippen LogP contribution in [0.5, 0.6) is 0 Å². The molecule has 0 aliphatic heterocycles. The fourth-order valence-electron chi connectivity index (χ4n) is 2.32. The van der Waals surface area contributed by atoms with Crippen LogP contribution in [-0.4, -0.2) is 10.8 Å².